The summed E-state index contributed by atoms with van der Waals surface area (Å²) in [6, 6.07) is 66.4. The summed E-state index contributed by atoms with van der Waals surface area (Å²) >= 11 is 0. The van der Waals surface area contributed by atoms with Crippen molar-refractivity contribution >= 4 is 44.2 Å². The van der Waals surface area contributed by atoms with E-state index in [2.05, 4.69) is 205 Å². The Labute approximate surface area is 300 Å². The molecule has 1 heteroatoms. The van der Waals surface area contributed by atoms with Crippen molar-refractivity contribution < 1.29 is 0 Å². The number of nitrogens with zero attached hydrogens (tertiary/aromatic N) is 1. The zero-order chi connectivity index (χ0) is 34.0. The molecule has 0 heterocycles. The molecule has 8 aromatic carbocycles. The molecule has 0 atom stereocenters. The maximum atomic E-state index is 2.44. The first-order valence-corrected chi connectivity index (χ1v) is 17.8. The Morgan fingerprint density at radius 1 is 0.373 bits per heavy atom. The molecule has 51 heavy (non-hydrogen) atoms. The van der Waals surface area contributed by atoms with Crippen LogP contribution in [0.2, 0.25) is 0 Å². The van der Waals surface area contributed by atoms with Gasteiger partial charge in [0.1, 0.15) is 0 Å². The van der Waals surface area contributed by atoms with Crippen molar-refractivity contribution in [2.24, 2.45) is 0 Å². The molecule has 0 bridgehead atoms. The molecule has 8 aromatic rings. The van der Waals surface area contributed by atoms with Crippen molar-refractivity contribution in [2.45, 2.75) is 12.8 Å². The fourth-order valence-electron chi connectivity index (χ4n) is 7.55. The van der Waals surface area contributed by atoms with Gasteiger partial charge >= 0.3 is 0 Å². The van der Waals surface area contributed by atoms with Gasteiger partial charge in [-0.1, -0.05) is 164 Å². The summed E-state index contributed by atoms with van der Waals surface area (Å²) in [6.45, 7) is 0. The lowest BCUT2D eigenvalue weighted by atomic mass is 9.91. The molecule has 0 fully saturated rings. The van der Waals surface area contributed by atoms with Crippen LogP contribution in [0, 0.1) is 0 Å². The number of hydrogen-bond donors (Lipinski definition) is 0. The van der Waals surface area contributed by atoms with E-state index in [4.69, 9.17) is 0 Å². The molecule has 0 N–H and O–H groups in total. The Kier molecular flexibility index (Phi) is 8.08. The third-order valence-corrected chi connectivity index (χ3v) is 10.1. The summed E-state index contributed by atoms with van der Waals surface area (Å²) in [5.74, 6) is 0. The van der Waals surface area contributed by atoms with Crippen LogP contribution in [-0.2, 0) is 0 Å². The zero-order valence-corrected chi connectivity index (χ0v) is 28.4. The van der Waals surface area contributed by atoms with Crippen molar-refractivity contribution in [3.8, 4) is 33.4 Å². The quantitative estimate of drug-likeness (QED) is 0.155. The van der Waals surface area contributed by atoms with E-state index in [1.165, 1.54) is 66.1 Å². The summed E-state index contributed by atoms with van der Waals surface area (Å²) in [4.78, 5) is 2.44. The molecular weight excluding hydrogens is 615 g/mol. The highest BCUT2D eigenvalue weighted by Crippen LogP contribution is 2.45. The number of rotatable bonds is 7. The normalized spacial score (nSPS) is 12.6. The smallest absolute Gasteiger partial charge is 0.0546 e. The number of hydrogen-bond acceptors (Lipinski definition) is 1. The van der Waals surface area contributed by atoms with Crippen LogP contribution < -0.4 is 4.90 Å². The zero-order valence-electron chi connectivity index (χ0n) is 28.4. The molecule has 1 aliphatic carbocycles. The standard InChI is InChI=1S/C50H37N/c1-4-15-36(16-5-1)38-27-29-43(30-28-38)51(50-34-42-21-10-11-24-45(42)47-25-12-13-26-48(47)50)44-31-32-46(49(35-44)39-19-8-3-9-20-39)41-23-14-22-40(33-41)37-17-6-2-7-18-37/h2-4,6-35H,1,5H2. The van der Waals surface area contributed by atoms with Gasteiger partial charge in [-0.3, -0.25) is 0 Å². The second-order valence-corrected chi connectivity index (χ2v) is 13.2. The average molecular weight is 652 g/mol. The SMILES string of the molecule is C1=CC(c2ccc(N(c3ccc(-c4cccc(-c5ccccc5)c4)c(-c4ccccc4)c3)c3cc4ccccc4c4ccccc34)cc2)=CCC1. The maximum absolute atomic E-state index is 2.44. The van der Waals surface area contributed by atoms with Crippen LogP contribution in [0.3, 0.4) is 0 Å². The Morgan fingerprint density at radius 3 is 1.78 bits per heavy atom. The summed E-state index contributed by atoms with van der Waals surface area (Å²) in [5.41, 5.74) is 13.2. The highest BCUT2D eigenvalue weighted by atomic mass is 15.1. The van der Waals surface area contributed by atoms with Crippen molar-refractivity contribution in [1.29, 1.82) is 0 Å². The van der Waals surface area contributed by atoms with E-state index in [0.29, 0.717) is 0 Å². The van der Waals surface area contributed by atoms with Gasteiger partial charge in [0, 0.05) is 16.8 Å². The fourth-order valence-corrected chi connectivity index (χ4v) is 7.55. The minimum Gasteiger partial charge on any atom is -0.310 e. The molecule has 9 rings (SSSR count). The van der Waals surface area contributed by atoms with E-state index in [1.54, 1.807) is 0 Å². The van der Waals surface area contributed by atoms with Crippen molar-refractivity contribution in [3.63, 3.8) is 0 Å². The highest BCUT2D eigenvalue weighted by Gasteiger charge is 2.20. The van der Waals surface area contributed by atoms with E-state index < -0.39 is 0 Å². The number of fused-ring (bicyclic) bond motifs is 3. The van der Waals surface area contributed by atoms with Crippen molar-refractivity contribution in [1.82, 2.24) is 0 Å². The predicted octanol–water partition coefficient (Wildman–Crippen LogP) is 14.2. The Hall–Kier alpha value is -6.44. The molecule has 0 amide bonds. The lowest BCUT2D eigenvalue weighted by molar-refractivity contribution is 1.04. The van der Waals surface area contributed by atoms with Crippen molar-refractivity contribution in [2.75, 3.05) is 4.90 Å². The Balaban J connectivity index is 1.26. The van der Waals surface area contributed by atoms with E-state index >= 15 is 0 Å². The fraction of sp³-hybridized carbons (Fsp3) is 0.0400. The van der Waals surface area contributed by atoms with Gasteiger partial charge < -0.3 is 4.90 Å². The van der Waals surface area contributed by atoms with E-state index in [0.717, 1.165) is 29.9 Å². The average Bonchev–Trinajstić information content (AvgIpc) is 3.22. The molecule has 1 nitrogen and oxygen atoms in total. The van der Waals surface area contributed by atoms with Gasteiger partial charge in [0.2, 0.25) is 0 Å². The van der Waals surface area contributed by atoms with Crippen LogP contribution in [0.15, 0.2) is 200 Å². The van der Waals surface area contributed by atoms with Crippen LogP contribution in [0.25, 0.3) is 60.5 Å². The van der Waals surface area contributed by atoms with Crippen molar-refractivity contribution in [3.05, 3.63) is 206 Å². The molecule has 242 valence electrons. The maximum Gasteiger partial charge on any atom is 0.0546 e. The van der Waals surface area contributed by atoms with Gasteiger partial charge in [-0.15, -0.1) is 0 Å². The first kappa shape index (κ1) is 30.6. The first-order chi connectivity index (χ1) is 25.3. The Bertz CT molecular complexity index is 2560. The summed E-state index contributed by atoms with van der Waals surface area (Å²) in [7, 11) is 0. The summed E-state index contributed by atoms with van der Waals surface area (Å²) in [6.07, 6.45) is 9.08. The van der Waals surface area contributed by atoms with Crippen LogP contribution >= 0.6 is 0 Å². The molecule has 0 saturated carbocycles. The lowest BCUT2D eigenvalue weighted by Crippen LogP contribution is -2.11. The van der Waals surface area contributed by atoms with Crippen LogP contribution in [0.4, 0.5) is 17.1 Å². The molecule has 0 spiro atoms. The van der Waals surface area contributed by atoms with E-state index in [1.807, 2.05) is 0 Å². The topological polar surface area (TPSA) is 3.24 Å². The predicted molar refractivity (Wildman–Crippen MR) is 219 cm³/mol. The number of allylic oxidation sites excluding steroid dienone is 4. The van der Waals surface area contributed by atoms with Gasteiger partial charge in [-0.05, 0) is 110 Å². The van der Waals surface area contributed by atoms with Gasteiger partial charge in [0.15, 0.2) is 0 Å². The highest BCUT2D eigenvalue weighted by molar-refractivity contribution is 6.14. The Morgan fingerprint density at radius 2 is 1.02 bits per heavy atom. The molecule has 1 aliphatic rings. The third-order valence-electron chi connectivity index (χ3n) is 10.1. The van der Waals surface area contributed by atoms with Gasteiger partial charge in [-0.2, -0.15) is 0 Å². The summed E-state index contributed by atoms with van der Waals surface area (Å²) < 4.78 is 0. The monoisotopic (exact) mass is 651 g/mol. The molecule has 0 saturated heterocycles. The van der Waals surface area contributed by atoms with Crippen LogP contribution in [-0.4, -0.2) is 0 Å². The largest absolute Gasteiger partial charge is 0.310 e. The molecular formula is C50H37N. The number of benzene rings is 8. The number of anilines is 3. The molecule has 0 radical (unpaired) electrons. The second-order valence-electron chi connectivity index (χ2n) is 13.2. The van der Waals surface area contributed by atoms with Gasteiger partial charge in [0.25, 0.3) is 0 Å². The van der Waals surface area contributed by atoms with Crippen LogP contribution in [0.1, 0.15) is 18.4 Å². The molecule has 0 aromatic heterocycles. The molecule has 0 unspecified atom stereocenters. The van der Waals surface area contributed by atoms with E-state index in [9.17, 15) is 0 Å². The van der Waals surface area contributed by atoms with Gasteiger partial charge in [-0.25, -0.2) is 0 Å². The third kappa shape index (κ3) is 5.94. The van der Waals surface area contributed by atoms with Crippen LogP contribution in [0.5, 0.6) is 0 Å². The summed E-state index contributed by atoms with van der Waals surface area (Å²) in [5, 5.41) is 4.96. The van der Waals surface area contributed by atoms with Gasteiger partial charge in [0.05, 0.1) is 5.69 Å². The lowest BCUT2D eigenvalue weighted by Gasteiger charge is -2.29. The minimum atomic E-state index is 1.09. The van der Waals surface area contributed by atoms with E-state index in [-0.39, 0.29) is 0 Å². The molecule has 0 aliphatic heterocycles. The minimum absolute atomic E-state index is 1.09. The first-order valence-electron chi connectivity index (χ1n) is 17.8. The second kappa shape index (κ2) is 13.5.